The van der Waals surface area contributed by atoms with Crippen molar-refractivity contribution < 1.29 is 0 Å². The molecule has 0 amide bonds. The number of anilines is 1. The van der Waals surface area contributed by atoms with Crippen molar-refractivity contribution in [2.45, 2.75) is 33.2 Å². The highest BCUT2D eigenvalue weighted by atomic mass is 15.4. The van der Waals surface area contributed by atoms with Gasteiger partial charge < -0.3 is 5.01 Å². The molecule has 1 aliphatic heterocycles. The van der Waals surface area contributed by atoms with Crippen LogP contribution in [0.4, 0.5) is 5.69 Å². The number of fused-ring (bicyclic) bond motifs is 1. The smallest absolute Gasteiger partial charge is 0.0553 e. The Hall–Kier alpha value is -1.02. The predicted octanol–water partition coefficient (Wildman–Crippen LogP) is 2.34. The number of nitrogens with two attached hydrogens (primary N) is 1. The van der Waals surface area contributed by atoms with E-state index < -0.39 is 0 Å². The van der Waals surface area contributed by atoms with Crippen molar-refractivity contribution in [3.05, 3.63) is 29.8 Å². The van der Waals surface area contributed by atoms with Gasteiger partial charge >= 0.3 is 0 Å². The average Bonchev–Trinajstić information content (AvgIpc) is 2.47. The van der Waals surface area contributed by atoms with Crippen molar-refractivity contribution in [3.8, 4) is 0 Å². The zero-order valence-corrected chi connectivity index (χ0v) is 8.62. The molecule has 1 heterocycles. The van der Waals surface area contributed by atoms with Gasteiger partial charge in [0.25, 0.3) is 0 Å². The summed E-state index contributed by atoms with van der Waals surface area (Å²) in [4.78, 5) is 0. The van der Waals surface area contributed by atoms with Gasteiger partial charge in [0.1, 0.15) is 0 Å². The monoisotopic (exact) mass is 178 g/mol. The fourth-order valence-corrected chi connectivity index (χ4v) is 1.59. The maximum Gasteiger partial charge on any atom is 0.0553 e. The molecule has 0 aliphatic carbocycles. The lowest BCUT2D eigenvalue weighted by atomic mass is 10.1. The number of rotatable bonds is 0. The van der Waals surface area contributed by atoms with E-state index in [1.165, 1.54) is 11.3 Å². The number of para-hydroxylation sites is 1. The Morgan fingerprint density at radius 3 is 2.54 bits per heavy atom. The second-order valence-corrected chi connectivity index (χ2v) is 3.09. The molecule has 2 nitrogen and oxygen atoms in total. The third-order valence-electron chi connectivity index (χ3n) is 2.26. The van der Waals surface area contributed by atoms with Crippen LogP contribution in [0, 0.1) is 0 Å². The lowest BCUT2D eigenvalue weighted by Gasteiger charge is -2.17. The molecule has 1 aromatic rings. The van der Waals surface area contributed by atoms with Crippen molar-refractivity contribution in [2.75, 3.05) is 5.01 Å². The lowest BCUT2D eigenvalue weighted by molar-refractivity contribution is 0.697. The number of benzene rings is 1. The van der Waals surface area contributed by atoms with Crippen LogP contribution in [0.15, 0.2) is 24.3 Å². The topological polar surface area (TPSA) is 29.3 Å². The van der Waals surface area contributed by atoms with Gasteiger partial charge in [0.15, 0.2) is 0 Å². The molecule has 2 heteroatoms. The van der Waals surface area contributed by atoms with Gasteiger partial charge in [0.2, 0.25) is 0 Å². The highest BCUT2D eigenvalue weighted by molar-refractivity contribution is 5.57. The third-order valence-corrected chi connectivity index (χ3v) is 2.26. The Kier molecular flexibility index (Phi) is 3.32. The Morgan fingerprint density at radius 1 is 1.31 bits per heavy atom. The first-order chi connectivity index (χ1) is 6.29. The Bertz CT molecular complexity index is 271. The minimum atomic E-state index is 0.451. The van der Waals surface area contributed by atoms with Gasteiger partial charge in [-0.3, -0.25) is 0 Å². The normalized spacial score (nSPS) is 19.1. The molecule has 0 bridgehead atoms. The fraction of sp³-hybridized carbons (Fsp3) is 0.455. The van der Waals surface area contributed by atoms with E-state index in [1.807, 2.05) is 24.9 Å². The summed E-state index contributed by atoms with van der Waals surface area (Å²) in [5.41, 5.74) is 2.54. The summed E-state index contributed by atoms with van der Waals surface area (Å²) in [6.07, 6.45) is 1.08. The summed E-state index contributed by atoms with van der Waals surface area (Å²) >= 11 is 0. The van der Waals surface area contributed by atoms with Gasteiger partial charge in [-0.05, 0) is 25.0 Å². The molecular formula is C11H18N2. The van der Waals surface area contributed by atoms with Crippen LogP contribution >= 0.6 is 0 Å². The summed E-state index contributed by atoms with van der Waals surface area (Å²) in [6.45, 7) is 6.14. The fourth-order valence-electron chi connectivity index (χ4n) is 1.59. The van der Waals surface area contributed by atoms with Crippen LogP contribution in [0.2, 0.25) is 0 Å². The standard InChI is InChI=1S/C9H12N2.C2H6/c1-7-6-8-4-2-3-5-9(8)11(7)10;1-2/h2-5,7H,6,10H2,1H3;1-2H3. The highest BCUT2D eigenvalue weighted by Crippen LogP contribution is 2.28. The molecular weight excluding hydrogens is 160 g/mol. The van der Waals surface area contributed by atoms with Crippen LogP contribution in [-0.4, -0.2) is 6.04 Å². The van der Waals surface area contributed by atoms with Gasteiger partial charge in [-0.25, -0.2) is 5.84 Å². The van der Waals surface area contributed by atoms with Crippen molar-refractivity contribution in [3.63, 3.8) is 0 Å². The minimum absolute atomic E-state index is 0.451. The van der Waals surface area contributed by atoms with E-state index in [-0.39, 0.29) is 0 Å². The van der Waals surface area contributed by atoms with E-state index in [0.29, 0.717) is 6.04 Å². The van der Waals surface area contributed by atoms with E-state index in [9.17, 15) is 0 Å². The molecule has 13 heavy (non-hydrogen) atoms. The van der Waals surface area contributed by atoms with Crippen LogP contribution in [0.25, 0.3) is 0 Å². The molecule has 0 radical (unpaired) electrons. The number of hydrazine groups is 1. The first kappa shape index (κ1) is 10.1. The number of hydrogen-bond acceptors (Lipinski definition) is 2. The highest BCUT2D eigenvalue weighted by Gasteiger charge is 2.21. The molecule has 72 valence electrons. The molecule has 0 fully saturated rings. The molecule has 1 unspecified atom stereocenters. The number of hydrogen-bond donors (Lipinski definition) is 1. The van der Waals surface area contributed by atoms with E-state index in [4.69, 9.17) is 5.84 Å². The van der Waals surface area contributed by atoms with Crippen LogP contribution in [0.1, 0.15) is 26.3 Å². The summed E-state index contributed by atoms with van der Waals surface area (Å²) in [7, 11) is 0. The molecule has 1 aromatic carbocycles. The van der Waals surface area contributed by atoms with Crippen molar-refractivity contribution in [1.29, 1.82) is 0 Å². The molecule has 1 atom stereocenters. The molecule has 2 rings (SSSR count). The largest absolute Gasteiger partial charge is 0.308 e. The van der Waals surface area contributed by atoms with E-state index in [0.717, 1.165) is 6.42 Å². The van der Waals surface area contributed by atoms with Gasteiger partial charge in [-0.15, -0.1) is 0 Å². The lowest BCUT2D eigenvalue weighted by Crippen LogP contribution is -2.35. The van der Waals surface area contributed by atoms with Crippen LogP contribution in [0.3, 0.4) is 0 Å². The molecule has 0 saturated heterocycles. The quantitative estimate of drug-likeness (QED) is 0.618. The summed E-state index contributed by atoms with van der Waals surface area (Å²) in [5, 5.41) is 1.84. The SMILES string of the molecule is CC.CC1Cc2ccccc2N1N. The Labute approximate surface area is 80.3 Å². The van der Waals surface area contributed by atoms with Crippen molar-refractivity contribution >= 4 is 5.69 Å². The van der Waals surface area contributed by atoms with Crippen molar-refractivity contribution in [2.24, 2.45) is 5.84 Å². The zero-order valence-electron chi connectivity index (χ0n) is 8.62. The van der Waals surface area contributed by atoms with E-state index in [1.54, 1.807) is 0 Å². The van der Waals surface area contributed by atoms with Crippen molar-refractivity contribution in [1.82, 2.24) is 0 Å². The molecule has 2 N–H and O–H groups in total. The summed E-state index contributed by atoms with van der Waals surface area (Å²) in [5.74, 6) is 5.82. The first-order valence-corrected chi connectivity index (χ1v) is 4.91. The van der Waals surface area contributed by atoms with Crippen LogP contribution in [0.5, 0.6) is 0 Å². The summed E-state index contributed by atoms with van der Waals surface area (Å²) in [6, 6.07) is 8.74. The maximum absolute atomic E-state index is 5.82. The zero-order chi connectivity index (χ0) is 9.84. The van der Waals surface area contributed by atoms with Crippen LogP contribution in [-0.2, 0) is 6.42 Å². The molecule has 0 saturated carbocycles. The van der Waals surface area contributed by atoms with Gasteiger partial charge in [0.05, 0.1) is 5.69 Å². The first-order valence-electron chi connectivity index (χ1n) is 4.91. The van der Waals surface area contributed by atoms with Gasteiger partial charge in [-0.1, -0.05) is 32.0 Å². The van der Waals surface area contributed by atoms with E-state index >= 15 is 0 Å². The second kappa shape index (κ2) is 4.28. The predicted molar refractivity (Wildman–Crippen MR) is 57.6 cm³/mol. The van der Waals surface area contributed by atoms with Gasteiger partial charge in [0, 0.05) is 6.04 Å². The van der Waals surface area contributed by atoms with E-state index in [2.05, 4.69) is 25.1 Å². The van der Waals surface area contributed by atoms with Gasteiger partial charge in [-0.2, -0.15) is 0 Å². The maximum atomic E-state index is 5.82. The Balaban J connectivity index is 0.000000396. The molecule has 0 aromatic heterocycles. The molecule has 1 aliphatic rings. The summed E-state index contributed by atoms with van der Waals surface area (Å²) < 4.78 is 0. The second-order valence-electron chi connectivity index (χ2n) is 3.09. The minimum Gasteiger partial charge on any atom is -0.308 e. The average molecular weight is 178 g/mol. The molecule has 0 spiro atoms. The third kappa shape index (κ3) is 1.83. The number of nitrogens with zero attached hydrogens (tertiary/aromatic N) is 1. The Morgan fingerprint density at radius 2 is 1.92 bits per heavy atom. The van der Waals surface area contributed by atoms with Crippen LogP contribution < -0.4 is 10.9 Å².